The first-order chi connectivity index (χ1) is 32.6. The van der Waals surface area contributed by atoms with Gasteiger partial charge in [0.2, 0.25) is 0 Å². The maximum absolute atomic E-state index is 12.8. The number of nitrogens with zero attached hydrogens (tertiary/aromatic N) is 1. The maximum Gasteiger partial charge on any atom is 0.306 e. The molecule has 0 bridgehead atoms. The number of ether oxygens (including phenoxy) is 2. The third kappa shape index (κ3) is 54.0. The molecule has 0 rings (SSSR count). The highest BCUT2D eigenvalue weighted by molar-refractivity contribution is 7.45. The van der Waals surface area contributed by atoms with E-state index in [9.17, 15) is 14.3 Å². The minimum absolute atomic E-state index is 0.0162. The Bertz CT molecular complexity index is 1430. The number of likely N-dealkylation sites (N-methyl/N-ethyl adjacent to an activating group) is 1. The van der Waals surface area contributed by atoms with Crippen LogP contribution in [0, 0.1) is 0 Å². The van der Waals surface area contributed by atoms with E-state index in [0.29, 0.717) is 24.1 Å². The lowest BCUT2D eigenvalue weighted by Gasteiger charge is -2.28. The van der Waals surface area contributed by atoms with Crippen molar-refractivity contribution in [3.05, 3.63) is 109 Å². The highest BCUT2D eigenvalue weighted by Crippen LogP contribution is 2.38. The summed E-state index contributed by atoms with van der Waals surface area (Å²) in [5.41, 5.74) is 0. The molecule has 0 heterocycles. The number of phosphoric ester groups is 1. The number of carbonyl (C=O) groups excluding carboxylic acids is 1. The van der Waals surface area contributed by atoms with Gasteiger partial charge in [0, 0.05) is 13.0 Å². The summed E-state index contributed by atoms with van der Waals surface area (Å²) in [6.45, 7) is 5.14. The third-order valence-electron chi connectivity index (χ3n) is 10.8. The van der Waals surface area contributed by atoms with E-state index in [2.05, 4.69) is 123 Å². The number of quaternary nitrogens is 1. The Morgan fingerprint density at radius 1 is 0.463 bits per heavy atom. The fraction of sp³-hybridized carbons (Fsp3) is 0.672. The Labute approximate surface area is 412 Å². The van der Waals surface area contributed by atoms with Crippen molar-refractivity contribution in [2.45, 2.75) is 200 Å². The number of phosphoric acid groups is 1. The van der Waals surface area contributed by atoms with Crippen LogP contribution in [0.3, 0.4) is 0 Å². The molecule has 0 aliphatic rings. The Kier molecular flexibility index (Phi) is 47.5. The number of hydrogen-bond donors (Lipinski definition) is 0. The number of carbonyl (C=O) groups is 1. The molecule has 2 atom stereocenters. The molecule has 0 saturated heterocycles. The molecule has 0 N–H and O–H groups in total. The van der Waals surface area contributed by atoms with Crippen LogP contribution in [0.5, 0.6) is 0 Å². The van der Waals surface area contributed by atoms with Gasteiger partial charge in [-0.3, -0.25) is 9.36 Å². The minimum Gasteiger partial charge on any atom is -0.756 e. The predicted molar refractivity (Wildman–Crippen MR) is 286 cm³/mol. The molecule has 0 spiro atoms. The second-order valence-electron chi connectivity index (χ2n) is 18.5. The summed E-state index contributed by atoms with van der Waals surface area (Å²) in [4.78, 5) is 25.2. The molecule has 2 unspecified atom stereocenters. The predicted octanol–water partition coefficient (Wildman–Crippen LogP) is 16.1. The van der Waals surface area contributed by atoms with Gasteiger partial charge >= 0.3 is 5.97 Å². The quantitative estimate of drug-likeness (QED) is 0.0197. The van der Waals surface area contributed by atoms with Crippen molar-refractivity contribution in [2.75, 3.05) is 54.1 Å². The van der Waals surface area contributed by atoms with Gasteiger partial charge in [0.1, 0.15) is 19.3 Å². The molecule has 9 heteroatoms. The molecule has 67 heavy (non-hydrogen) atoms. The van der Waals surface area contributed by atoms with E-state index in [1.807, 2.05) is 21.1 Å². The van der Waals surface area contributed by atoms with Crippen molar-refractivity contribution in [3.63, 3.8) is 0 Å². The number of hydrogen-bond acceptors (Lipinski definition) is 7. The number of esters is 1. The van der Waals surface area contributed by atoms with Crippen LogP contribution < -0.4 is 4.89 Å². The van der Waals surface area contributed by atoms with Gasteiger partial charge < -0.3 is 27.9 Å². The fourth-order valence-electron chi connectivity index (χ4n) is 6.80. The second kappa shape index (κ2) is 49.6. The number of allylic oxidation sites excluding steroid dienone is 18. The van der Waals surface area contributed by atoms with Crippen LogP contribution in [0.4, 0.5) is 0 Å². The zero-order valence-corrected chi connectivity index (χ0v) is 44.5. The molecule has 384 valence electrons. The van der Waals surface area contributed by atoms with Gasteiger partial charge in [0.15, 0.2) is 0 Å². The van der Waals surface area contributed by atoms with Gasteiger partial charge in [-0.05, 0) is 96.3 Å². The van der Waals surface area contributed by atoms with E-state index in [1.54, 1.807) is 0 Å². The molecule has 0 aromatic rings. The lowest BCUT2D eigenvalue weighted by molar-refractivity contribution is -0.870. The van der Waals surface area contributed by atoms with Crippen LogP contribution in [-0.2, 0) is 27.9 Å². The summed E-state index contributed by atoms with van der Waals surface area (Å²) >= 11 is 0. The lowest BCUT2D eigenvalue weighted by Crippen LogP contribution is -2.37. The van der Waals surface area contributed by atoms with Crippen LogP contribution in [0.1, 0.15) is 194 Å². The zero-order chi connectivity index (χ0) is 49.0. The molecule has 0 aliphatic heterocycles. The summed E-state index contributed by atoms with van der Waals surface area (Å²) in [6, 6.07) is 0. The monoisotopic (exact) mass is 954 g/mol. The number of rotatable bonds is 48. The highest BCUT2D eigenvalue weighted by atomic mass is 31.2. The van der Waals surface area contributed by atoms with Crippen molar-refractivity contribution in [2.24, 2.45) is 0 Å². The molecule has 0 radical (unpaired) electrons. The first kappa shape index (κ1) is 64.2. The SMILES string of the molecule is CC/C=C\C/C=C\C/C=C\C/C=C\C/C=C\CCCCCCCCCCCC(=O)OC(COCCCCCCCCC/C=C\C/C=C\C/C=C\C/C=C\CC)COP(=O)([O-])OCC[N+](C)(C)C. The first-order valence-electron chi connectivity index (χ1n) is 26.6. The maximum atomic E-state index is 12.8. The minimum atomic E-state index is -4.55. The molecule has 0 saturated carbocycles. The van der Waals surface area contributed by atoms with Crippen LogP contribution in [0.15, 0.2) is 109 Å². The average molecular weight is 954 g/mol. The van der Waals surface area contributed by atoms with Crippen molar-refractivity contribution < 1.29 is 37.3 Å². The van der Waals surface area contributed by atoms with Gasteiger partial charge in [-0.25, -0.2) is 0 Å². The molecule has 8 nitrogen and oxygen atoms in total. The van der Waals surface area contributed by atoms with Crippen LogP contribution in [0.25, 0.3) is 0 Å². The Morgan fingerprint density at radius 2 is 0.821 bits per heavy atom. The third-order valence-corrected chi connectivity index (χ3v) is 11.8. The van der Waals surface area contributed by atoms with Gasteiger partial charge in [0.25, 0.3) is 7.82 Å². The molecular weight excluding hydrogens is 854 g/mol. The summed E-state index contributed by atoms with van der Waals surface area (Å²) in [5, 5.41) is 0. The molecule has 0 amide bonds. The largest absolute Gasteiger partial charge is 0.756 e. The summed E-state index contributed by atoms with van der Waals surface area (Å²) < 4.78 is 34.8. The van der Waals surface area contributed by atoms with E-state index in [1.165, 1.54) is 64.2 Å². The Hall–Kier alpha value is -2.84. The smallest absolute Gasteiger partial charge is 0.306 e. The molecule has 0 aliphatic carbocycles. The van der Waals surface area contributed by atoms with Gasteiger partial charge in [0.05, 0.1) is 34.4 Å². The topological polar surface area (TPSA) is 94.1 Å². The second-order valence-corrected chi connectivity index (χ2v) is 19.9. The summed E-state index contributed by atoms with van der Waals surface area (Å²) in [7, 11) is 1.33. The molecule has 0 aromatic heterocycles. The zero-order valence-electron chi connectivity index (χ0n) is 43.6. The van der Waals surface area contributed by atoms with Crippen LogP contribution in [0.2, 0.25) is 0 Å². The summed E-state index contributed by atoms with van der Waals surface area (Å²) in [5.74, 6) is -0.349. The average Bonchev–Trinajstić information content (AvgIpc) is 3.29. The van der Waals surface area contributed by atoms with Gasteiger partial charge in [-0.2, -0.15) is 0 Å². The Morgan fingerprint density at radius 3 is 1.22 bits per heavy atom. The van der Waals surface area contributed by atoms with E-state index in [4.69, 9.17) is 18.5 Å². The molecule has 0 fully saturated rings. The van der Waals surface area contributed by atoms with Crippen molar-refractivity contribution in [3.8, 4) is 0 Å². The van der Waals surface area contributed by atoms with Crippen LogP contribution >= 0.6 is 7.82 Å². The summed E-state index contributed by atoms with van der Waals surface area (Å²) in [6.07, 6.45) is 69.7. The standard InChI is InChI=1S/C58H100NO7P/c1-6-8-10-12-14-16-18-20-22-24-26-28-29-30-31-32-33-35-37-39-41-43-45-47-49-51-58(60)66-57(56-65-67(61,62)64-54-52-59(3,4)5)55-63-53-50-48-46-44-42-40-38-36-34-27-25-23-21-19-17-15-13-11-9-7-2/h8-11,14-17,20-23,26-28,30-31,34,57H,6-7,12-13,18-19,24-25,29,32-33,35-56H2,1-5H3/b10-8-,11-9-,16-14-,17-15-,22-20-,23-21-,28-26-,31-30-,34-27-. The van der Waals surface area contributed by atoms with Gasteiger partial charge in [-0.15, -0.1) is 0 Å². The lowest BCUT2D eigenvalue weighted by atomic mass is 10.1. The number of unbranched alkanes of at least 4 members (excludes halogenated alkanes) is 16. The van der Waals surface area contributed by atoms with Crippen LogP contribution in [-0.4, -0.2) is 70.7 Å². The first-order valence-corrected chi connectivity index (χ1v) is 28.1. The van der Waals surface area contributed by atoms with Gasteiger partial charge in [-0.1, -0.05) is 200 Å². The van der Waals surface area contributed by atoms with E-state index in [0.717, 1.165) is 109 Å². The van der Waals surface area contributed by atoms with Crippen molar-refractivity contribution in [1.82, 2.24) is 0 Å². The molecule has 0 aromatic carbocycles. The van der Waals surface area contributed by atoms with Crippen molar-refractivity contribution >= 4 is 13.8 Å². The van der Waals surface area contributed by atoms with E-state index in [-0.39, 0.29) is 25.8 Å². The highest BCUT2D eigenvalue weighted by Gasteiger charge is 2.20. The van der Waals surface area contributed by atoms with Crippen molar-refractivity contribution in [1.29, 1.82) is 0 Å². The van der Waals surface area contributed by atoms with E-state index >= 15 is 0 Å². The fourth-order valence-corrected chi connectivity index (χ4v) is 7.53. The normalized spacial score (nSPS) is 14.4. The molecular formula is C58H100NO7P. The Balaban J connectivity index is 4.18. The van der Waals surface area contributed by atoms with E-state index < -0.39 is 13.9 Å².